The van der Waals surface area contributed by atoms with Crippen molar-refractivity contribution < 1.29 is 62.3 Å². The van der Waals surface area contributed by atoms with Gasteiger partial charge in [0.05, 0.1) is 22.3 Å². The van der Waals surface area contributed by atoms with Crippen LogP contribution in [0.1, 0.15) is 67.1 Å². The maximum atomic E-state index is 12.5. The number of fused-ring (bicyclic) bond motifs is 2. The predicted octanol–water partition coefficient (Wildman–Crippen LogP) is -1.91. The predicted molar refractivity (Wildman–Crippen MR) is 154 cm³/mol. The second kappa shape index (κ2) is 14.6. The minimum absolute atomic E-state index is 0. The third-order valence-electron chi connectivity index (χ3n) is 7.97. The molecule has 226 valence electrons. The zero-order valence-electron chi connectivity index (χ0n) is 24.1. The van der Waals surface area contributed by atoms with Crippen LogP contribution < -0.4 is 43.1 Å². The van der Waals surface area contributed by atoms with Crippen LogP contribution >= 0.6 is 0 Å². The summed E-state index contributed by atoms with van der Waals surface area (Å²) in [7, 11) is 0. The largest absolute Gasteiger partial charge is 1.00 e. The smallest absolute Gasteiger partial charge is 0.261 e. The number of hydrogen-bond acceptors (Lipinski definition) is 4. The summed E-state index contributed by atoms with van der Waals surface area (Å²) in [6.07, 6.45) is 11.4. The van der Waals surface area contributed by atoms with Gasteiger partial charge >= 0.3 is 0 Å². The molecule has 0 aliphatic carbocycles. The number of benzene rings is 2. The number of hydrogen-bond donors (Lipinski definition) is 0. The van der Waals surface area contributed by atoms with Crippen LogP contribution in [0.25, 0.3) is 11.1 Å². The SMILES string of the molecule is O=C1c2ccccc2C(=O)N1CCCC[n+]1ccc(-c2cc[n+](CCCCN3C(=O)c4ccccc4C3=O)cc2)cc1.[Br-].[Br-]. The van der Waals surface area contributed by atoms with Gasteiger partial charge in [0.15, 0.2) is 24.8 Å². The van der Waals surface area contributed by atoms with E-state index in [0.717, 1.165) is 49.9 Å². The Morgan fingerprint density at radius 3 is 1.02 bits per heavy atom. The Balaban J connectivity index is 0.00000221. The van der Waals surface area contributed by atoms with Crippen molar-refractivity contribution in [2.24, 2.45) is 0 Å². The Bertz CT molecular complexity index is 1480. The first kappa shape index (κ1) is 32.9. The second-order valence-electron chi connectivity index (χ2n) is 10.7. The first-order valence-corrected chi connectivity index (χ1v) is 14.4. The third-order valence-corrected chi connectivity index (χ3v) is 7.97. The Labute approximate surface area is 277 Å². The molecule has 2 aromatic carbocycles. The van der Waals surface area contributed by atoms with Crippen molar-refractivity contribution in [3.05, 3.63) is 120 Å². The average Bonchev–Trinajstić information content (AvgIpc) is 3.42. The Kier molecular flexibility index (Phi) is 10.9. The molecular weight excluding hydrogens is 688 g/mol. The van der Waals surface area contributed by atoms with Gasteiger partial charge in [-0.2, -0.15) is 0 Å². The van der Waals surface area contributed by atoms with Crippen LogP contribution in [-0.4, -0.2) is 46.5 Å². The van der Waals surface area contributed by atoms with Crippen molar-refractivity contribution in [2.75, 3.05) is 13.1 Å². The van der Waals surface area contributed by atoms with Crippen LogP contribution in [0.4, 0.5) is 0 Å². The van der Waals surface area contributed by atoms with Crippen molar-refractivity contribution in [3.63, 3.8) is 0 Å². The van der Waals surface area contributed by atoms with Gasteiger partial charge in [-0.1, -0.05) is 24.3 Å². The van der Waals surface area contributed by atoms with Crippen molar-refractivity contribution in [3.8, 4) is 11.1 Å². The van der Waals surface area contributed by atoms with Crippen LogP contribution in [0.15, 0.2) is 97.6 Å². The summed E-state index contributed by atoms with van der Waals surface area (Å²) in [6.45, 7) is 2.47. The molecule has 44 heavy (non-hydrogen) atoms. The van der Waals surface area contributed by atoms with E-state index in [1.165, 1.54) is 9.80 Å². The van der Waals surface area contributed by atoms with Gasteiger partial charge in [-0.25, -0.2) is 9.13 Å². The summed E-state index contributed by atoms with van der Waals surface area (Å²) in [6, 6.07) is 22.3. The number of carbonyl (C=O) groups is 4. The maximum absolute atomic E-state index is 12.5. The highest BCUT2D eigenvalue weighted by Gasteiger charge is 2.35. The highest BCUT2D eigenvalue weighted by Crippen LogP contribution is 2.24. The standard InChI is InChI=1S/C34H32N4O4.2BrH/c39-31-27-9-1-2-10-28(27)32(40)37(31)19-7-5-17-35-21-13-25(14-22-35)26-15-23-36(24-16-26)18-6-8-20-38-33(41)29-11-3-4-12-30(29)34(38)42;;/h1-4,9-16,21-24H,5-8,17-20H2;2*1H/q+2;;/p-2. The second-order valence-corrected chi connectivity index (χ2v) is 10.7. The molecule has 4 amide bonds. The Morgan fingerprint density at radius 1 is 0.432 bits per heavy atom. The highest BCUT2D eigenvalue weighted by molar-refractivity contribution is 6.22. The molecule has 2 aliphatic heterocycles. The van der Waals surface area contributed by atoms with E-state index in [-0.39, 0.29) is 57.6 Å². The third kappa shape index (κ3) is 6.71. The molecule has 4 heterocycles. The average molecular weight is 720 g/mol. The van der Waals surface area contributed by atoms with Gasteiger partial charge < -0.3 is 34.0 Å². The maximum Gasteiger partial charge on any atom is 0.261 e. The summed E-state index contributed by atoms with van der Waals surface area (Å²) >= 11 is 0. The van der Waals surface area contributed by atoms with Gasteiger partial charge in [-0.15, -0.1) is 0 Å². The number of pyridine rings is 2. The lowest BCUT2D eigenvalue weighted by Gasteiger charge is -2.12. The highest BCUT2D eigenvalue weighted by atomic mass is 79.9. The number of imide groups is 2. The van der Waals surface area contributed by atoms with Gasteiger partial charge in [-0.05, 0) is 48.2 Å². The molecule has 0 fully saturated rings. The van der Waals surface area contributed by atoms with Crippen LogP contribution in [0.2, 0.25) is 0 Å². The minimum Gasteiger partial charge on any atom is -1.00 e. The minimum atomic E-state index is -0.196. The molecule has 8 nitrogen and oxygen atoms in total. The van der Waals surface area contributed by atoms with Crippen molar-refractivity contribution in [1.82, 2.24) is 9.80 Å². The van der Waals surface area contributed by atoms with E-state index in [1.807, 2.05) is 0 Å². The number of rotatable bonds is 11. The summed E-state index contributed by atoms with van der Waals surface area (Å²) in [5, 5.41) is 0. The molecule has 0 radical (unpaired) electrons. The number of nitrogens with zero attached hydrogens (tertiary/aromatic N) is 4. The number of amides is 4. The zero-order valence-corrected chi connectivity index (χ0v) is 27.2. The van der Waals surface area contributed by atoms with E-state index in [4.69, 9.17) is 0 Å². The lowest BCUT2D eigenvalue weighted by molar-refractivity contribution is -0.697. The normalized spacial score (nSPS) is 13.5. The molecule has 10 heteroatoms. The van der Waals surface area contributed by atoms with Crippen LogP contribution in [-0.2, 0) is 13.1 Å². The lowest BCUT2D eigenvalue weighted by atomic mass is 10.1. The quantitative estimate of drug-likeness (QED) is 0.103. The van der Waals surface area contributed by atoms with Gasteiger partial charge in [0.25, 0.3) is 23.6 Å². The number of aromatic nitrogens is 2. The fraction of sp³-hybridized carbons (Fsp3) is 0.235. The summed E-state index contributed by atoms with van der Waals surface area (Å²) in [5.41, 5.74) is 4.24. The molecule has 0 bridgehead atoms. The van der Waals surface area contributed by atoms with E-state index in [0.29, 0.717) is 35.3 Å². The fourth-order valence-corrected chi connectivity index (χ4v) is 5.61. The van der Waals surface area contributed by atoms with Crippen molar-refractivity contribution in [1.29, 1.82) is 0 Å². The van der Waals surface area contributed by atoms with Crippen molar-refractivity contribution in [2.45, 2.75) is 38.8 Å². The zero-order chi connectivity index (χ0) is 29.1. The van der Waals surface area contributed by atoms with E-state index in [2.05, 4.69) is 58.2 Å². The molecule has 0 unspecified atom stereocenters. The van der Waals surface area contributed by atoms with Crippen LogP contribution in [0, 0.1) is 0 Å². The summed E-state index contributed by atoms with van der Waals surface area (Å²) in [5.74, 6) is -0.785. The summed E-state index contributed by atoms with van der Waals surface area (Å²) in [4.78, 5) is 52.8. The van der Waals surface area contributed by atoms with Gasteiger partial charge in [0.2, 0.25) is 0 Å². The molecule has 4 aromatic rings. The number of halogens is 2. The van der Waals surface area contributed by atoms with Crippen LogP contribution in [0.3, 0.4) is 0 Å². The van der Waals surface area contributed by atoms with Crippen molar-refractivity contribution >= 4 is 23.6 Å². The fourth-order valence-electron chi connectivity index (χ4n) is 5.61. The van der Waals surface area contributed by atoms with Crippen LogP contribution in [0.5, 0.6) is 0 Å². The van der Waals surface area contributed by atoms with Gasteiger partial charge in [-0.3, -0.25) is 29.0 Å². The topological polar surface area (TPSA) is 82.5 Å². The lowest BCUT2D eigenvalue weighted by Crippen LogP contribution is -3.00. The van der Waals surface area contributed by atoms with E-state index in [9.17, 15) is 19.2 Å². The Hall–Kier alpha value is -4.02. The summed E-state index contributed by atoms with van der Waals surface area (Å²) < 4.78 is 4.23. The number of aryl methyl sites for hydroxylation is 2. The van der Waals surface area contributed by atoms with E-state index >= 15 is 0 Å². The molecule has 0 saturated heterocycles. The molecule has 0 atom stereocenters. The Morgan fingerprint density at radius 2 is 0.727 bits per heavy atom. The molecular formula is C34H32Br2N4O4. The first-order valence-electron chi connectivity index (χ1n) is 14.4. The molecule has 0 saturated carbocycles. The molecule has 0 N–H and O–H groups in total. The first-order chi connectivity index (χ1) is 20.5. The monoisotopic (exact) mass is 718 g/mol. The molecule has 2 aliphatic rings. The van der Waals surface area contributed by atoms with Gasteiger partial charge in [0.1, 0.15) is 13.1 Å². The molecule has 2 aromatic heterocycles. The molecule has 6 rings (SSSR count). The van der Waals surface area contributed by atoms with E-state index in [1.54, 1.807) is 48.5 Å². The number of carbonyl (C=O) groups excluding carboxylic acids is 4. The molecule has 0 spiro atoms. The number of unbranched alkanes of at least 4 members (excludes halogenated alkanes) is 2. The van der Waals surface area contributed by atoms with Gasteiger partial charge in [0, 0.05) is 50.2 Å². The van der Waals surface area contributed by atoms with E-state index < -0.39 is 0 Å².